The monoisotopic (exact) mass is 446 g/mol. The van der Waals surface area contributed by atoms with Crippen LogP contribution in [0, 0.1) is 31.3 Å². The van der Waals surface area contributed by atoms with Crippen LogP contribution in [0.2, 0.25) is 0 Å². The summed E-state index contributed by atoms with van der Waals surface area (Å²) >= 11 is 0. The van der Waals surface area contributed by atoms with Gasteiger partial charge in [0.1, 0.15) is 29.8 Å². The zero-order chi connectivity index (χ0) is 22.9. The molecule has 2 aliphatic heterocycles. The van der Waals surface area contributed by atoms with Gasteiger partial charge in [0, 0.05) is 50.6 Å². The number of hydrogen-bond donors (Lipinski definition) is 0. The van der Waals surface area contributed by atoms with Crippen molar-refractivity contribution in [1.29, 1.82) is 0 Å². The summed E-state index contributed by atoms with van der Waals surface area (Å²) in [5, 5.41) is 0. The van der Waals surface area contributed by atoms with Crippen molar-refractivity contribution in [3.8, 4) is 0 Å². The van der Waals surface area contributed by atoms with E-state index in [0.717, 1.165) is 17.3 Å². The molecule has 0 fully saturated rings. The third-order valence-corrected chi connectivity index (χ3v) is 5.82. The summed E-state index contributed by atoms with van der Waals surface area (Å²) in [6.45, 7) is 7.71. The summed E-state index contributed by atoms with van der Waals surface area (Å²) < 4.78 is 39.7. The second-order valence-corrected chi connectivity index (χ2v) is 7.99. The molecule has 0 N–H and O–H groups in total. The van der Waals surface area contributed by atoms with Gasteiger partial charge in [-0.05, 0) is 63.1 Å². The molecule has 4 nitrogen and oxygen atoms in total. The zero-order valence-electron chi connectivity index (χ0n) is 18.8. The molecule has 0 unspecified atom stereocenters. The molecule has 0 radical (unpaired) electrons. The number of benzene rings is 2. The van der Waals surface area contributed by atoms with Crippen LogP contribution < -0.4 is 9.80 Å². The van der Waals surface area contributed by atoms with E-state index in [1.54, 1.807) is 24.1 Å². The van der Waals surface area contributed by atoms with Crippen molar-refractivity contribution in [2.75, 3.05) is 23.9 Å². The average molecular weight is 447 g/mol. The molecule has 7 heteroatoms. The highest BCUT2D eigenvalue weighted by Gasteiger charge is 2.24. The number of aryl methyl sites for hydroxylation is 2. The van der Waals surface area contributed by atoms with Crippen LogP contribution in [0.3, 0.4) is 0 Å². The summed E-state index contributed by atoms with van der Waals surface area (Å²) in [6.07, 6.45) is 8.03. The van der Waals surface area contributed by atoms with Crippen molar-refractivity contribution in [2.45, 2.75) is 47.5 Å². The zero-order valence-corrected chi connectivity index (χ0v) is 18.8. The van der Waals surface area contributed by atoms with Gasteiger partial charge in [0.2, 0.25) is 0 Å². The van der Waals surface area contributed by atoms with Gasteiger partial charge in [-0.15, -0.1) is 0 Å². The van der Waals surface area contributed by atoms with Crippen molar-refractivity contribution in [3.63, 3.8) is 0 Å². The largest absolute Gasteiger partial charge is 0.359 e. The molecule has 32 heavy (non-hydrogen) atoms. The fourth-order valence-corrected chi connectivity index (χ4v) is 3.72. The molecule has 2 heterocycles. The molecule has 0 saturated carbocycles. The van der Waals surface area contributed by atoms with Crippen LogP contribution >= 0.6 is 0 Å². The molecule has 0 aromatic heterocycles. The molecule has 2 atom stereocenters. The van der Waals surface area contributed by atoms with Gasteiger partial charge >= 0.3 is 0 Å². The third kappa shape index (κ3) is 5.03. The molecule has 0 spiro atoms. The first-order valence-corrected chi connectivity index (χ1v) is 10.2. The number of hydrogen-bond acceptors (Lipinski definition) is 4. The lowest BCUT2D eigenvalue weighted by Crippen LogP contribution is -2.34. The van der Waals surface area contributed by atoms with E-state index in [1.165, 1.54) is 12.1 Å². The lowest BCUT2D eigenvalue weighted by atomic mass is 10.1. The lowest BCUT2D eigenvalue weighted by molar-refractivity contribution is 0.380. The van der Waals surface area contributed by atoms with Gasteiger partial charge in [-0.2, -0.15) is 0 Å². The number of nitrogens with zero attached hydrogens (tertiary/aromatic N) is 4. The summed E-state index contributed by atoms with van der Waals surface area (Å²) in [5.41, 5.74) is 3.06. The Labute approximate surface area is 189 Å². The topological polar surface area (TPSA) is 13.0 Å². The molecule has 2 aromatic carbocycles. The average Bonchev–Trinajstić information content (AvgIpc) is 3.18. The van der Waals surface area contributed by atoms with Crippen LogP contribution in [0.25, 0.3) is 0 Å². The van der Waals surface area contributed by atoms with Crippen LogP contribution in [0.15, 0.2) is 55.1 Å². The maximum absolute atomic E-state index is 13.7. The minimum absolute atomic E-state index is 0. The van der Waals surface area contributed by atoms with Crippen molar-refractivity contribution in [2.24, 2.45) is 0 Å². The van der Waals surface area contributed by atoms with Gasteiger partial charge in [-0.3, -0.25) is 0 Å². The van der Waals surface area contributed by atoms with Gasteiger partial charge < -0.3 is 19.6 Å². The molecule has 0 saturated heterocycles. The van der Waals surface area contributed by atoms with Crippen molar-refractivity contribution in [3.05, 3.63) is 83.7 Å². The van der Waals surface area contributed by atoms with Crippen LogP contribution in [-0.2, 0) is 0 Å². The highest BCUT2D eigenvalue weighted by Crippen LogP contribution is 2.30. The van der Waals surface area contributed by atoms with Gasteiger partial charge in [-0.1, -0.05) is 7.43 Å². The summed E-state index contributed by atoms with van der Waals surface area (Å²) in [6, 6.07) is 7.15. The molecule has 174 valence electrons. The van der Waals surface area contributed by atoms with Crippen LogP contribution in [0.1, 0.15) is 32.4 Å². The van der Waals surface area contributed by atoms with Gasteiger partial charge in [0.15, 0.2) is 0 Å². The molecule has 4 rings (SSSR count). The molecule has 2 aliphatic rings. The molecule has 0 bridgehead atoms. The summed E-state index contributed by atoms with van der Waals surface area (Å²) in [5.74, 6) is -1.24. The summed E-state index contributed by atoms with van der Waals surface area (Å²) in [7, 11) is 3.94. The Morgan fingerprint density at radius 1 is 0.688 bits per heavy atom. The minimum Gasteiger partial charge on any atom is -0.359 e. The van der Waals surface area contributed by atoms with E-state index < -0.39 is 11.6 Å². The van der Waals surface area contributed by atoms with Crippen molar-refractivity contribution in [1.82, 2.24) is 9.80 Å². The quantitative estimate of drug-likeness (QED) is 0.546. The van der Waals surface area contributed by atoms with Crippen molar-refractivity contribution < 1.29 is 13.2 Å². The first kappa shape index (κ1) is 25.2. The third-order valence-electron chi connectivity index (χ3n) is 5.82. The van der Waals surface area contributed by atoms with E-state index in [-0.39, 0.29) is 25.6 Å². The van der Waals surface area contributed by atoms with Crippen LogP contribution in [0.4, 0.5) is 24.5 Å². The van der Waals surface area contributed by atoms with E-state index in [2.05, 4.69) is 16.7 Å². The Morgan fingerprint density at radius 2 is 1.22 bits per heavy atom. The second kappa shape index (κ2) is 10.0. The fraction of sp³-hybridized carbons (Fsp3) is 0.360. The summed E-state index contributed by atoms with van der Waals surface area (Å²) in [4.78, 5) is 8.00. The van der Waals surface area contributed by atoms with Crippen molar-refractivity contribution >= 4 is 11.4 Å². The lowest BCUT2D eigenvalue weighted by Gasteiger charge is -2.28. The first-order valence-electron chi connectivity index (χ1n) is 10.2. The number of rotatable bonds is 2. The molecule has 0 amide bonds. The number of halogens is 3. The normalized spacial score (nSPS) is 19.3. The highest BCUT2D eigenvalue weighted by molar-refractivity contribution is 5.58. The Hall–Kier alpha value is -3.09. The van der Waals surface area contributed by atoms with E-state index in [9.17, 15) is 13.2 Å². The van der Waals surface area contributed by atoms with Gasteiger partial charge in [0.25, 0.3) is 0 Å². The predicted octanol–water partition coefficient (Wildman–Crippen LogP) is 6.18. The number of anilines is 2. The smallest absolute Gasteiger partial charge is 0.150 e. The molecule has 0 aliphatic carbocycles. The Balaban J connectivity index is 0.000000220. The standard InChI is InChI=1S/C12H14F2N2.C12H15FN2.CH4/c1-8-6-10(13)7-11(14)12(8)16-5-4-15(3)9(16)2;1-9-8-11(13)4-5-12(9)15-7-6-14(3)10(15)2;/h4-7,9H,1-3H3;4-8,10H,1-3H3;1H4/t9-;10-;/m00./s1. The van der Waals surface area contributed by atoms with E-state index in [4.69, 9.17) is 0 Å². The minimum atomic E-state index is -0.539. The van der Waals surface area contributed by atoms with E-state index >= 15 is 0 Å². The van der Waals surface area contributed by atoms with E-state index in [0.29, 0.717) is 11.3 Å². The first-order chi connectivity index (χ1) is 14.6. The molecule has 2 aromatic rings. The Bertz CT molecular complexity index is 982. The maximum atomic E-state index is 13.7. The highest BCUT2D eigenvalue weighted by atomic mass is 19.1. The predicted molar refractivity (Wildman–Crippen MR) is 127 cm³/mol. The Kier molecular flexibility index (Phi) is 7.88. The molecular formula is C25H33F3N4. The molecular weight excluding hydrogens is 413 g/mol. The van der Waals surface area contributed by atoms with Crippen LogP contribution in [0.5, 0.6) is 0 Å². The van der Waals surface area contributed by atoms with Gasteiger partial charge in [0.05, 0.1) is 5.69 Å². The van der Waals surface area contributed by atoms with E-state index in [1.807, 2.05) is 57.5 Å². The fourth-order valence-electron chi connectivity index (χ4n) is 3.72. The maximum Gasteiger partial charge on any atom is 0.150 e. The Morgan fingerprint density at radius 3 is 1.69 bits per heavy atom. The van der Waals surface area contributed by atoms with Crippen LogP contribution in [-0.4, -0.2) is 36.2 Å². The van der Waals surface area contributed by atoms with Gasteiger partial charge in [-0.25, -0.2) is 13.2 Å². The second-order valence-electron chi connectivity index (χ2n) is 7.99. The SMILES string of the molecule is C.Cc1cc(F)cc(F)c1N1C=CN(C)[C@@H]1C.Cc1cc(F)ccc1N1C=CN(C)[C@@H]1C.